The Morgan fingerprint density at radius 1 is 1.50 bits per heavy atom. The van der Waals surface area contributed by atoms with Crippen molar-refractivity contribution >= 4 is 10.8 Å². The van der Waals surface area contributed by atoms with Crippen molar-refractivity contribution in [3.8, 4) is 6.07 Å². The van der Waals surface area contributed by atoms with E-state index in [1.807, 2.05) is 13.0 Å². The van der Waals surface area contributed by atoms with Gasteiger partial charge in [0, 0.05) is 10.8 Å². The van der Waals surface area contributed by atoms with Crippen LogP contribution in [-0.4, -0.2) is 0 Å². The van der Waals surface area contributed by atoms with Crippen molar-refractivity contribution < 1.29 is 4.42 Å². The fourth-order valence-corrected chi connectivity index (χ4v) is 1.50. The van der Waals surface area contributed by atoms with Crippen LogP contribution in [0.15, 0.2) is 28.9 Å². The number of nitrogens with zero attached hydrogens (tertiary/aromatic N) is 1. The van der Waals surface area contributed by atoms with Crippen LogP contribution >= 0.6 is 0 Å². The van der Waals surface area contributed by atoms with Gasteiger partial charge in [-0.2, -0.15) is 5.26 Å². The zero-order valence-corrected chi connectivity index (χ0v) is 7.82. The van der Waals surface area contributed by atoms with E-state index in [4.69, 9.17) is 15.4 Å². The van der Waals surface area contributed by atoms with Crippen LogP contribution in [0.4, 0.5) is 0 Å². The Balaban J connectivity index is 2.67. The number of nitriles is 1. The molecule has 1 atom stereocenters. The lowest BCUT2D eigenvalue weighted by Crippen LogP contribution is -2.03. The molecule has 1 unspecified atom stereocenters. The Hall–Kier alpha value is -1.79. The van der Waals surface area contributed by atoms with E-state index in [0.717, 1.165) is 16.5 Å². The molecule has 0 aliphatic rings. The van der Waals surface area contributed by atoms with Gasteiger partial charge in [0.1, 0.15) is 5.76 Å². The summed E-state index contributed by atoms with van der Waals surface area (Å²) in [6.07, 6.45) is 1.63. The maximum absolute atomic E-state index is 8.71. The first-order valence-corrected chi connectivity index (χ1v) is 4.39. The second-order valence-electron chi connectivity index (χ2n) is 3.30. The molecular weight excluding hydrogens is 176 g/mol. The summed E-state index contributed by atoms with van der Waals surface area (Å²) in [6.45, 7) is 1.87. The van der Waals surface area contributed by atoms with Gasteiger partial charge in [0.2, 0.25) is 0 Å². The highest BCUT2D eigenvalue weighted by Gasteiger charge is 2.09. The molecule has 3 nitrogen and oxygen atoms in total. The summed E-state index contributed by atoms with van der Waals surface area (Å²) in [5.41, 5.74) is 6.37. The molecule has 0 aliphatic heterocycles. The van der Waals surface area contributed by atoms with Crippen LogP contribution in [-0.2, 0) is 0 Å². The molecule has 3 heteroatoms. The second-order valence-corrected chi connectivity index (χ2v) is 3.30. The zero-order valence-electron chi connectivity index (χ0n) is 7.82. The van der Waals surface area contributed by atoms with E-state index in [-0.39, 0.29) is 6.04 Å². The molecule has 0 radical (unpaired) electrons. The Kier molecular flexibility index (Phi) is 1.99. The van der Waals surface area contributed by atoms with Gasteiger partial charge in [-0.05, 0) is 25.1 Å². The summed E-state index contributed by atoms with van der Waals surface area (Å²) in [5.74, 6) is 0.768. The predicted octanol–water partition coefficient (Wildman–Crippen LogP) is 2.32. The molecule has 0 aliphatic carbocycles. The van der Waals surface area contributed by atoms with Crippen LogP contribution in [0.2, 0.25) is 0 Å². The summed E-state index contributed by atoms with van der Waals surface area (Å²) in [6, 6.07) is 7.40. The largest absolute Gasteiger partial charge is 0.466 e. The van der Waals surface area contributed by atoms with Crippen molar-refractivity contribution in [2.24, 2.45) is 5.73 Å². The maximum Gasteiger partial charge on any atom is 0.128 e. The van der Waals surface area contributed by atoms with Gasteiger partial charge >= 0.3 is 0 Å². The standard InChI is InChI=1S/C11H10N2O/c1-7(13)11-10-3-2-8(5-12)4-9(10)6-14-11/h2-4,6-7H,13H2,1H3. The highest BCUT2D eigenvalue weighted by Crippen LogP contribution is 2.25. The summed E-state index contributed by atoms with van der Waals surface area (Å²) < 4.78 is 5.34. The lowest BCUT2D eigenvalue weighted by molar-refractivity contribution is 0.485. The summed E-state index contributed by atoms with van der Waals surface area (Å²) in [5, 5.41) is 10.6. The van der Waals surface area contributed by atoms with Crippen molar-refractivity contribution in [2.45, 2.75) is 13.0 Å². The molecule has 2 rings (SSSR count). The van der Waals surface area contributed by atoms with Gasteiger partial charge in [-0.15, -0.1) is 0 Å². The van der Waals surface area contributed by atoms with Crippen molar-refractivity contribution in [1.29, 1.82) is 5.26 Å². The molecule has 0 bridgehead atoms. The number of fused-ring (bicyclic) bond motifs is 1. The van der Waals surface area contributed by atoms with Crippen LogP contribution in [0.3, 0.4) is 0 Å². The molecule has 0 spiro atoms. The lowest BCUT2D eigenvalue weighted by atomic mass is 10.1. The van der Waals surface area contributed by atoms with Gasteiger partial charge in [-0.25, -0.2) is 0 Å². The lowest BCUT2D eigenvalue weighted by Gasteiger charge is -2.00. The van der Waals surface area contributed by atoms with E-state index < -0.39 is 0 Å². The molecule has 2 aromatic rings. The fourth-order valence-electron chi connectivity index (χ4n) is 1.50. The minimum Gasteiger partial charge on any atom is -0.466 e. The van der Waals surface area contributed by atoms with E-state index in [1.54, 1.807) is 18.4 Å². The minimum absolute atomic E-state index is 0.125. The van der Waals surface area contributed by atoms with E-state index in [9.17, 15) is 0 Å². The van der Waals surface area contributed by atoms with Gasteiger partial charge in [-0.3, -0.25) is 0 Å². The van der Waals surface area contributed by atoms with Crippen molar-refractivity contribution in [3.05, 3.63) is 35.8 Å². The molecule has 0 saturated heterocycles. The number of furan rings is 1. The van der Waals surface area contributed by atoms with E-state index in [1.165, 1.54) is 0 Å². The molecule has 2 N–H and O–H groups in total. The molecule has 0 amide bonds. The SMILES string of the molecule is CC(N)c1occ2cc(C#N)ccc12. The molecule has 70 valence electrons. The van der Waals surface area contributed by atoms with Crippen LogP contribution in [0.1, 0.15) is 24.3 Å². The Labute approximate surface area is 81.7 Å². The zero-order chi connectivity index (χ0) is 10.1. The quantitative estimate of drug-likeness (QED) is 0.743. The normalized spacial score (nSPS) is 12.6. The van der Waals surface area contributed by atoms with Crippen LogP contribution in [0.5, 0.6) is 0 Å². The molecule has 0 fully saturated rings. The summed E-state index contributed by atoms with van der Waals surface area (Å²) in [4.78, 5) is 0. The van der Waals surface area contributed by atoms with Crippen molar-refractivity contribution in [2.75, 3.05) is 0 Å². The van der Waals surface area contributed by atoms with Gasteiger partial charge in [-0.1, -0.05) is 0 Å². The second kappa shape index (κ2) is 3.17. The summed E-state index contributed by atoms with van der Waals surface area (Å²) >= 11 is 0. The Morgan fingerprint density at radius 2 is 2.29 bits per heavy atom. The number of benzene rings is 1. The molecular formula is C11H10N2O. The van der Waals surface area contributed by atoms with E-state index in [2.05, 4.69) is 6.07 Å². The van der Waals surface area contributed by atoms with Crippen LogP contribution < -0.4 is 5.73 Å². The summed E-state index contributed by atoms with van der Waals surface area (Å²) in [7, 11) is 0. The van der Waals surface area contributed by atoms with Crippen LogP contribution in [0, 0.1) is 11.3 Å². The third-order valence-electron chi connectivity index (χ3n) is 2.17. The molecule has 1 aromatic heterocycles. The van der Waals surface area contributed by atoms with Gasteiger partial charge in [0.15, 0.2) is 0 Å². The fraction of sp³-hybridized carbons (Fsp3) is 0.182. The van der Waals surface area contributed by atoms with E-state index >= 15 is 0 Å². The molecule has 14 heavy (non-hydrogen) atoms. The average Bonchev–Trinajstić information content (AvgIpc) is 2.59. The number of hydrogen-bond donors (Lipinski definition) is 1. The predicted molar refractivity (Wildman–Crippen MR) is 53.5 cm³/mol. The van der Waals surface area contributed by atoms with Gasteiger partial charge < -0.3 is 10.2 Å². The minimum atomic E-state index is -0.125. The van der Waals surface area contributed by atoms with E-state index in [0.29, 0.717) is 5.56 Å². The van der Waals surface area contributed by atoms with Crippen molar-refractivity contribution in [3.63, 3.8) is 0 Å². The first-order valence-electron chi connectivity index (χ1n) is 4.39. The monoisotopic (exact) mass is 186 g/mol. The topological polar surface area (TPSA) is 62.9 Å². The van der Waals surface area contributed by atoms with Gasteiger partial charge in [0.05, 0.1) is 23.9 Å². The smallest absolute Gasteiger partial charge is 0.128 e. The first-order chi connectivity index (χ1) is 6.72. The molecule has 0 saturated carbocycles. The Bertz CT molecular complexity index is 505. The third-order valence-corrected chi connectivity index (χ3v) is 2.17. The van der Waals surface area contributed by atoms with Gasteiger partial charge in [0.25, 0.3) is 0 Å². The number of hydrogen-bond acceptors (Lipinski definition) is 3. The highest BCUT2D eigenvalue weighted by molar-refractivity contribution is 5.85. The van der Waals surface area contributed by atoms with Crippen LogP contribution in [0.25, 0.3) is 10.8 Å². The Morgan fingerprint density at radius 3 is 2.93 bits per heavy atom. The molecule has 1 aromatic carbocycles. The average molecular weight is 186 g/mol. The first kappa shape index (κ1) is 8.79. The number of nitrogens with two attached hydrogens (primary N) is 1. The maximum atomic E-state index is 8.71. The third kappa shape index (κ3) is 1.26. The van der Waals surface area contributed by atoms with Crippen molar-refractivity contribution in [1.82, 2.24) is 0 Å². The number of rotatable bonds is 1. The highest BCUT2D eigenvalue weighted by atomic mass is 16.3. The molecule has 1 heterocycles.